The molecule has 1 heterocycles. The van der Waals surface area contributed by atoms with Gasteiger partial charge >= 0.3 is 0 Å². The molecule has 1 saturated heterocycles. The van der Waals surface area contributed by atoms with Crippen LogP contribution in [0.4, 0.5) is 0 Å². The first-order valence-corrected chi connectivity index (χ1v) is 7.95. The molecule has 0 radical (unpaired) electrons. The average molecular weight is 305 g/mol. The van der Waals surface area contributed by atoms with Crippen LogP contribution in [0.1, 0.15) is 6.42 Å². The van der Waals surface area contributed by atoms with E-state index in [4.69, 9.17) is 16.3 Å². The number of hydrogen-bond acceptors (Lipinski definition) is 3. The lowest BCUT2D eigenvalue weighted by Gasteiger charge is -2.27. The van der Waals surface area contributed by atoms with E-state index in [0.717, 1.165) is 67.3 Å². The van der Waals surface area contributed by atoms with Gasteiger partial charge in [-0.3, -0.25) is 0 Å². The molecule has 2 aromatic rings. The maximum absolute atomic E-state index is 6.22. The van der Waals surface area contributed by atoms with Gasteiger partial charge in [0.05, 0.1) is 6.61 Å². The number of halogens is 1. The van der Waals surface area contributed by atoms with Gasteiger partial charge in [0.15, 0.2) is 0 Å². The Hall–Kier alpha value is -1.29. The topological polar surface area (TPSA) is 24.5 Å². The fraction of sp³-hybridized carbons (Fsp3) is 0.412. The number of fused-ring (bicyclic) bond motifs is 1. The lowest BCUT2D eigenvalue weighted by molar-refractivity contribution is 0.214. The standard InChI is InChI=1S/C17H21ClN2O/c18-16-6-7-17(15-5-2-1-4-14(15)16)21-13-3-10-20-11-8-19-9-12-20/h1-2,4-7,19H,3,8-13H2. The summed E-state index contributed by atoms with van der Waals surface area (Å²) >= 11 is 6.22. The Morgan fingerprint density at radius 1 is 1.05 bits per heavy atom. The maximum atomic E-state index is 6.22. The highest BCUT2D eigenvalue weighted by atomic mass is 35.5. The molecule has 112 valence electrons. The monoisotopic (exact) mass is 304 g/mol. The first kappa shape index (κ1) is 14.6. The molecule has 0 aromatic heterocycles. The molecule has 3 nitrogen and oxygen atoms in total. The summed E-state index contributed by atoms with van der Waals surface area (Å²) < 4.78 is 5.96. The minimum atomic E-state index is 0.746. The molecule has 1 aliphatic rings. The summed E-state index contributed by atoms with van der Waals surface area (Å²) in [4.78, 5) is 2.49. The van der Waals surface area contributed by atoms with Crippen LogP contribution in [0.3, 0.4) is 0 Å². The Labute approximate surface area is 130 Å². The Kier molecular flexibility index (Phi) is 4.96. The first-order valence-electron chi connectivity index (χ1n) is 7.58. The van der Waals surface area contributed by atoms with Crippen LogP contribution in [-0.4, -0.2) is 44.2 Å². The number of hydrogen-bond donors (Lipinski definition) is 1. The summed E-state index contributed by atoms with van der Waals surface area (Å²) in [5.74, 6) is 0.926. The van der Waals surface area contributed by atoms with E-state index in [9.17, 15) is 0 Å². The van der Waals surface area contributed by atoms with Crippen molar-refractivity contribution in [3.8, 4) is 5.75 Å². The normalized spacial score (nSPS) is 16.2. The van der Waals surface area contributed by atoms with Crippen LogP contribution in [0.15, 0.2) is 36.4 Å². The smallest absolute Gasteiger partial charge is 0.127 e. The van der Waals surface area contributed by atoms with Gasteiger partial charge in [0.2, 0.25) is 0 Å². The van der Waals surface area contributed by atoms with Gasteiger partial charge in [0, 0.05) is 48.5 Å². The molecule has 0 saturated carbocycles. The van der Waals surface area contributed by atoms with Gasteiger partial charge in [-0.2, -0.15) is 0 Å². The Morgan fingerprint density at radius 2 is 1.81 bits per heavy atom. The number of benzene rings is 2. The van der Waals surface area contributed by atoms with Gasteiger partial charge < -0.3 is 15.0 Å². The maximum Gasteiger partial charge on any atom is 0.127 e. The fourth-order valence-electron chi connectivity index (χ4n) is 2.77. The largest absolute Gasteiger partial charge is 0.493 e. The molecule has 0 unspecified atom stereocenters. The first-order chi connectivity index (χ1) is 10.3. The summed E-state index contributed by atoms with van der Waals surface area (Å²) in [5, 5.41) is 6.29. The minimum Gasteiger partial charge on any atom is -0.493 e. The van der Waals surface area contributed by atoms with E-state index in [0.29, 0.717) is 0 Å². The van der Waals surface area contributed by atoms with Crippen molar-refractivity contribution in [3.63, 3.8) is 0 Å². The molecule has 0 bridgehead atoms. The number of ether oxygens (including phenoxy) is 1. The molecule has 0 spiro atoms. The van der Waals surface area contributed by atoms with E-state index in [-0.39, 0.29) is 0 Å². The van der Waals surface area contributed by atoms with Gasteiger partial charge in [-0.1, -0.05) is 35.9 Å². The molecule has 0 amide bonds. The average Bonchev–Trinajstić information content (AvgIpc) is 2.55. The lowest BCUT2D eigenvalue weighted by atomic mass is 10.1. The highest BCUT2D eigenvalue weighted by Crippen LogP contribution is 2.31. The molecule has 0 aliphatic carbocycles. The second-order valence-electron chi connectivity index (χ2n) is 5.38. The third-order valence-corrected chi connectivity index (χ3v) is 4.25. The van der Waals surface area contributed by atoms with Gasteiger partial charge in [-0.25, -0.2) is 0 Å². The molecule has 1 fully saturated rings. The van der Waals surface area contributed by atoms with Crippen molar-refractivity contribution in [3.05, 3.63) is 41.4 Å². The van der Waals surface area contributed by atoms with Gasteiger partial charge in [0.25, 0.3) is 0 Å². The summed E-state index contributed by atoms with van der Waals surface area (Å²) in [6.45, 7) is 6.34. The van der Waals surface area contributed by atoms with Crippen LogP contribution in [0, 0.1) is 0 Å². The summed E-state index contributed by atoms with van der Waals surface area (Å²) in [7, 11) is 0. The highest BCUT2D eigenvalue weighted by Gasteiger charge is 2.09. The van der Waals surface area contributed by atoms with Crippen molar-refractivity contribution < 1.29 is 4.74 Å². The Morgan fingerprint density at radius 3 is 2.62 bits per heavy atom. The van der Waals surface area contributed by atoms with Gasteiger partial charge in [0.1, 0.15) is 5.75 Å². The zero-order chi connectivity index (χ0) is 14.5. The van der Waals surface area contributed by atoms with E-state index in [1.165, 1.54) is 0 Å². The van der Waals surface area contributed by atoms with Crippen LogP contribution in [0.25, 0.3) is 10.8 Å². The second kappa shape index (κ2) is 7.12. The quantitative estimate of drug-likeness (QED) is 0.859. The van der Waals surface area contributed by atoms with Crippen molar-refractivity contribution in [1.29, 1.82) is 0 Å². The molecule has 1 aliphatic heterocycles. The van der Waals surface area contributed by atoms with Crippen LogP contribution < -0.4 is 10.1 Å². The minimum absolute atomic E-state index is 0.746. The Bertz CT molecular complexity index is 596. The third kappa shape index (κ3) is 3.67. The number of nitrogens with one attached hydrogen (secondary N) is 1. The molecule has 21 heavy (non-hydrogen) atoms. The van der Waals surface area contributed by atoms with Crippen molar-refractivity contribution in [2.24, 2.45) is 0 Å². The SMILES string of the molecule is Clc1ccc(OCCCN2CCNCC2)c2ccccc12. The molecular weight excluding hydrogens is 284 g/mol. The predicted octanol–water partition coefficient (Wildman–Crippen LogP) is 3.17. The van der Waals surface area contributed by atoms with Crippen molar-refractivity contribution >= 4 is 22.4 Å². The lowest BCUT2D eigenvalue weighted by Crippen LogP contribution is -2.43. The zero-order valence-corrected chi connectivity index (χ0v) is 12.9. The molecule has 2 aromatic carbocycles. The van der Waals surface area contributed by atoms with Crippen LogP contribution in [0.2, 0.25) is 5.02 Å². The molecule has 4 heteroatoms. The van der Waals surface area contributed by atoms with Gasteiger partial charge in [-0.15, -0.1) is 0 Å². The second-order valence-corrected chi connectivity index (χ2v) is 5.79. The zero-order valence-electron chi connectivity index (χ0n) is 12.1. The van der Waals surface area contributed by atoms with E-state index in [1.54, 1.807) is 0 Å². The van der Waals surface area contributed by atoms with Crippen LogP contribution in [-0.2, 0) is 0 Å². The van der Waals surface area contributed by atoms with E-state index < -0.39 is 0 Å². The molecule has 0 atom stereocenters. The van der Waals surface area contributed by atoms with Crippen LogP contribution in [0.5, 0.6) is 5.75 Å². The van der Waals surface area contributed by atoms with E-state index in [2.05, 4.69) is 16.3 Å². The third-order valence-electron chi connectivity index (χ3n) is 3.92. The summed E-state index contributed by atoms with van der Waals surface area (Å²) in [5.41, 5.74) is 0. The van der Waals surface area contributed by atoms with Crippen molar-refractivity contribution in [1.82, 2.24) is 10.2 Å². The van der Waals surface area contributed by atoms with E-state index in [1.807, 2.05) is 30.3 Å². The summed E-state index contributed by atoms with van der Waals surface area (Å²) in [6.07, 6.45) is 1.05. The highest BCUT2D eigenvalue weighted by molar-refractivity contribution is 6.35. The van der Waals surface area contributed by atoms with Crippen molar-refractivity contribution in [2.45, 2.75) is 6.42 Å². The number of nitrogens with zero attached hydrogens (tertiary/aromatic N) is 1. The van der Waals surface area contributed by atoms with Gasteiger partial charge in [-0.05, 0) is 18.6 Å². The molecular formula is C17H21ClN2O. The molecule has 3 rings (SSSR count). The number of rotatable bonds is 5. The van der Waals surface area contributed by atoms with E-state index >= 15 is 0 Å². The van der Waals surface area contributed by atoms with Crippen molar-refractivity contribution in [2.75, 3.05) is 39.3 Å². The fourth-order valence-corrected chi connectivity index (χ4v) is 2.99. The number of piperazine rings is 1. The van der Waals surface area contributed by atoms with Crippen LogP contribution >= 0.6 is 11.6 Å². The molecule has 1 N–H and O–H groups in total. The Balaban J connectivity index is 1.57. The summed E-state index contributed by atoms with van der Waals surface area (Å²) in [6, 6.07) is 12.0. The predicted molar refractivity (Wildman–Crippen MR) is 88.4 cm³/mol.